The van der Waals surface area contributed by atoms with Crippen molar-refractivity contribution in [3.63, 3.8) is 0 Å². The van der Waals surface area contributed by atoms with Gasteiger partial charge in [0.15, 0.2) is 0 Å². The minimum atomic E-state index is -3.88. The van der Waals surface area contributed by atoms with Gasteiger partial charge in [0.2, 0.25) is 0 Å². The van der Waals surface area contributed by atoms with Crippen molar-refractivity contribution in [2.75, 3.05) is 19.7 Å². The quantitative estimate of drug-likeness (QED) is 0.562. The van der Waals surface area contributed by atoms with E-state index in [9.17, 15) is 18.0 Å². The number of hydrogen-bond donors (Lipinski definition) is 0. The monoisotopic (exact) mass is 498 g/mol. The third-order valence-electron chi connectivity index (χ3n) is 5.02. The normalized spacial score (nSPS) is 20.0. The summed E-state index contributed by atoms with van der Waals surface area (Å²) >= 11 is 0. The molecule has 1 aliphatic heterocycles. The number of carbonyl (C=O) groups is 2. The number of hydrogen-bond acceptors (Lipinski definition) is 7. The van der Waals surface area contributed by atoms with Crippen LogP contribution < -0.4 is 0 Å². The van der Waals surface area contributed by atoms with E-state index in [1.54, 1.807) is 76.8 Å². The standard InChI is InChI=1S/C24H38N2O7S/c1-18-15-26(22(28)33-24(5,6)7)20(13-14-25(18)21(27)32-23(2,3)4)16-31-34(29,30)17-19-11-9-8-10-12-19/h8-12,18,20H,13-17H2,1-7H3/t18-,20-/m0/s1. The van der Waals surface area contributed by atoms with Gasteiger partial charge in [-0.15, -0.1) is 0 Å². The molecule has 1 saturated heterocycles. The Bertz CT molecular complexity index is 936. The molecule has 0 aromatic heterocycles. The minimum Gasteiger partial charge on any atom is -0.444 e. The topological polar surface area (TPSA) is 102 Å². The summed E-state index contributed by atoms with van der Waals surface area (Å²) in [6.07, 6.45) is -0.759. The Morgan fingerprint density at radius 2 is 1.47 bits per heavy atom. The average Bonchev–Trinajstić information content (AvgIpc) is 2.83. The van der Waals surface area contributed by atoms with Crippen LogP contribution in [0.3, 0.4) is 0 Å². The van der Waals surface area contributed by atoms with Gasteiger partial charge in [0.1, 0.15) is 17.0 Å². The van der Waals surface area contributed by atoms with E-state index in [4.69, 9.17) is 13.7 Å². The average molecular weight is 499 g/mol. The van der Waals surface area contributed by atoms with Crippen LogP contribution in [-0.2, 0) is 29.5 Å². The molecule has 1 aromatic rings. The maximum Gasteiger partial charge on any atom is 0.410 e. The van der Waals surface area contributed by atoms with Crippen molar-refractivity contribution >= 4 is 22.3 Å². The molecule has 192 valence electrons. The van der Waals surface area contributed by atoms with Gasteiger partial charge in [0, 0.05) is 19.1 Å². The van der Waals surface area contributed by atoms with Crippen molar-refractivity contribution in [3.05, 3.63) is 35.9 Å². The van der Waals surface area contributed by atoms with E-state index < -0.39 is 39.5 Å². The van der Waals surface area contributed by atoms with Crippen molar-refractivity contribution in [3.8, 4) is 0 Å². The number of rotatable bonds is 5. The molecule has 10 heteroatoms. The maximum atomic E-state index is 13.0. The molecule has 0 radical (unpaired) electrons. The summed E-state index contributed by atoms with van der Waals surface area (Å²) in [5, 5.41) is 0. The van der Waals surface area contributed by atoms with Crippen LogP contribution in [0.5, 0.6) is 0 Å². The molecule has 2 amide bonds. The van der Waals surface area contributed by atoms with Crippen molar-refractivity contribution in [2.45, 2.75) is 83.9 Å². The molecule has 2 atom stereocenters. The van der Waals surface area contributed by atoms with Gasteiger partial charge >= 0.3 is 12.2 Å². The molecule has 34 heavy (non-hydrogen) atoms. The lowest BCUT2D eigenvalue weighted by molar-refractivity contribution is 0.00595. The van der Waals surface area contributed by atoms with Crippen LogP contribution in [0, 0.1) is 0 Å². The second-order valence-corrected chi connectivity index (χ2v) is 12.2. The lowest BCUT2D eigenvalue weighted by Crippen LogP contribution is -2.49. The van der Waals surface area contributed by atoms with Gasteiger partial charge in [0.25, 0.3) is 10.1 Å². The number of carbonyl (C=O) groups excluding carboxylic acids is 2. The summed E-state index contributed by atoms with van der Waals surface area (Å²) in [5.74, 6) is -0.270. The highest BCUT2D eigenvalue weighted by atomic mass is 32.2. The van der Waals surface area contributed by atoms with Crippen LogP contribution in [0.2, 0.25) is 0 Å². The van der Waals surface area contributed by atoms with Crippen molar-refractivity contribution in [1.29, 1.82) is 0 Å². The fourth-order valence-corrected chi connectivity index (χ4v) is 4.56. The molecular weight excluding hydrogens is 460 g/mol. The van der Waals surface area contributed by atoms with Crippen molar-refractivity contribution < 1.29 is 31.7 Å². The first-order valence-corrected chi connectivity index (χ1v) is 13.0. The summed E-state index contributed by atoms with van der Waals surface area (Å²) < 4.78 is 41.6. The first-order chi connectivity index (χ1) is 15.6. The molecule has 0 aliphatic carbocycles. The number of benzene rings is 1. The summed E-state index contributed by atoms with van der Waals surface area (Å²) in [5.41, 5.74) is -0.790. The summed E-state index contributed by atoms with van der Waals surface area (Å²) in [6, 6.07) is 7.77. The molecule has 0 saturated carbocycles. The molecule has 2 rings (SSSR count). The fourth-order valence-electron chi connectivity index (χ4n) is 3.51. The van der Waals surface area contributed by atoms with Gasteiger partial charge in [-0.25, -0.2) is 9.59 Å². The highest BCUT2D eigenvalue weighted by Gasteiger charge is 2.37. The van der Waals surface area contributed by atoms with E-state index in [1.807, 2.05) is 6.92 Å². The van der Waals surface area contributed by atoms with E-state index in [-0.39, 0.29) is 31.5 Å². The van der Waals surface area contributed by atoms with Crippen LogP contribution in [0.1, 0.15) is 60.5 Å². The van der Waals surface area contributed by atoms with E-state index in [2.05, 4.69) is 0 Å². The predicted molar refractivity (Wildman–Crippen MR) is 129 cm³/mol. The number of nitrogens with zero attached hydrogens (tertiary/aromatic N) is 2. The molecule has 9 nitrogen and oxygen atoms in total. The van der Waals surface area contributed by atoms with Crippen LogP contribution >= 0.6 is 0 Å². The van der Waals surface area contributed by atoms with Gasteiger partial charge in [-0.1, -0.05) is 30.3 Å². The highest BCUT2D eigenvalue weighted by molar-refractivity contribution is 7.85. The SMILES string of the molecule is C[C@H]1CN(C(=O)OC(C)(C)C)[C@H](COS(=O)(=O)Cc2ccccc2)CCN1C(=O)OC(C)(C)C. The largest absolute Gasteiger partial charge is 0.444 e. The van der Waals surface area contributed by atoms with Gasteiger partial charge in [-0.2, -0.15) is 8.42 Å². The number of amides is 2. The summed E-state index contributed by atoms with van der Waals surface area (Å²) in [6.45, 7) is 12.7. The first kappa shape index (κ1) is 27.9. The first-order valence-electron chi connectivity index (χ1n) is 11.5. The van der Waals surface area contributed by atoms with E-state index in [1.165, 1.54) is 4.90 Å². The highest BCUT2D eigenvalue weighted by Crippen LogP contribution is 2.22. The molecule has 0 bridgehead atoms. The second-order valence-electron chi connectivity index (χ2n) is 10.6. The van der Waals surface area contributed by atoms with Crippen LogP contribution in [-0.4, -0.2) is 73.4 Å². The molecule has 0 N–H and O–H groups in total. The summed E-state index contributed by atoms with van der Waals surface area (Å²) in [7, 11) is -3.88. The Hall–Kier alpha value is -2.33. The zero-order valence-electron chi connectivity index (χ0n) is 21.2. The lowest BCUT2D eigenvalue weighted by Gasteiger charge is -2.33. The van der Waals surface area contributed by atoms with E-state index in [0.717, 1.165) is 0 Å². The van der Waals surface area contributed by atoms with Crippen molar-refractivity contribution in [1.82, 2.24) is 9.80 Å². The Balaban J connectivity index is 2.19. The molecule has 0 unspecified atom stereocenters. The maximum absolute atomic E-state index is 13.0. The Morgan fingerprint density at radius 3 is 2.00 bits per heavy atom. The Kier molecular flexibility index (Phi) is 8.98. The van der Waals surface area contributed by atoms with Crippen molar-refractivity contribution in [2.24, 2.45) is 0 Å². The smallest absolute Gasteiger partial charge is 0.410 e. The van der Waals surface area contributed by atoms with Crippen LogP contribution in [0.15, 0.2) is 30.3 Å². The van der Waals surface area contributed by atoms with E-state index in [0.29, 0.717) is 12.0 Å². The third kappa shape index (κ3) is 9.13. The zero-order valence-corrected chi connectivity index (χ0v) is 22.1. The Morgan fingerprint density at radius 1 is 0.941 bits per heavy atom. The zero-order chi connectivity index (χ0) is 25.7. The Labute approximate surface area is 203 Å². The molecule has 1 aromatic carbocycles. The minimum absolute atomic E-state index is 0.154. The lowest BCUT2D eigenvalue weighted by atomic mass is 10.2. The van der Waals surface area contributed by atoms with Gasteiger partial charge in [0.05, 0.1) is 12.6 Å². The fraction of sp³-hybridized carbons (Fsp3) is 0.667. The predicted octanol–water partition coefficient (Wildman–Crippen LogP) is 4.17. The number of ether oxygens (including phenoxy) is 2. The molecule has 1 fully saturated rings. The summed E-state index contributed by atoms with van der Waals surface area (Å²) in [4.78, 5) is 28.8. The van der Waals surface area contributed by atoms with Gasteiger partial charge < -0.3 is 19.3 Å². The van der Waals surface area contributed by atoms with Crippen LogP contribution in [0.25, 0.3) is 0 Å². The molecule has 0 spiro atoms. The van der Waals surface area contributed by atoms with E-state index >= 15 is 0 Å². The second kappa shape index (κ2) is 10.9. The van der Waals surface area contributed by atoms with Gasteiger partial charge in [-0.3, -0.25) is 4.18 Å². The molecule has 1 heterocycles. The van der Waals surface area contributed by atoms with Gasteiger partial charge in [-0.05, 0) is 60.5 Å². The van der Waals surface area contributed by atoms with Crippen LogP contribution in [0.4, 0.5) is 9.59 Å². The third-order valence-corrected chi connectivity index (χ3v) is 6.20. The molecular formula is C24H38N2O7S. The molecule has 1 aliphatic rings.